The molecule has 0 saturated heterocycles. The number of rotatable bonds is 5. The summed E-state index contributed by atoms with van der Waals surface area (Å²) in [5.41, 5.74) is 2.75. The Morgan fingerprint density at radius 2 is 1.80 bits per heavy atom. The molecule has 2 aromatic rings. The number of nitrogens with two attached hydrogens (primary N) is 1. The Hall–Kier alpha value is -2.64. The predicted molar refractivity (Wildman–Crippen MR) is 97.9 cm³/mol. The molecule has 0 aromatic heterocycles. The fourth-order valence-corrected chi connectivity index (χ4v) is 2.80. The molecule has 0 fully saturated rings. The van der Waals surface area contributed by atoms with E-state index >= 15 is 0 Å². The molecule has 0 bridgehead atoms. The van der Waals surface area contributed by atoms with Crippen molar-refractivity contribution in [2.75, 3.05) is 12.4 Å². The minimum absolute atomic E-state index is 0.0370. The number of carbonyl (C=O) groups excluding carboxylic acids is 1. The normalized spacial score (nSPS) is 11.5. The molecule has 0 aliphatic rings. The van der Waals surface area contributed by atoms with Crippen molar-refractivity contribution in [2.45, 2.75) is 18.7 Å². The molecular formula is C18H20N2O4S. The second-order valence-corrected chi connectivity index (χ2v) is 7.11. The quantitative estimate of drug-likeness (QED) is 0.801. The third kappa shape index (κ3) is 4.91. The smallest absolute Gasteiger partial charge is 0.248 e. The Morgan fingerprint density at radius 3 is 2.36 bits per heavy atom. The molecule has 1 amide bonds. The lowest BCUT2D eigenvalue weighted by atomic mass is 10.1. The Kier molecular flexibility index (Phi) is 5.61. The number of hydrogen-bond donors (Lipinski definition) is 2. The zero-order chi connectivity index (χ0) is 18.6. The van der Waals surface area contributed by atoms with Crippen LogP contribution in [0.2, 0.25) is 0 Å². The molecule has 3 N–H and O–H groups in total. The number of ether oxygens (including phenoxy) is 1. The van der Waals surface area contributed by atoms with E-state index in [0.29, 0.717) is 5.69 Å². The van der Waals surface area contributed by atoms with E-state index in [1.165, 1.54) is 18.2 Å². The van der Waals surface area contributed by atoms with E-state index in [2.05, 4.69) is 5.32 Å². The van der Waals surface area contributed by atoms with Crippen molar-refractivity contribution >= 4 is 27.7 Å². The molecule has 132 valence electrons. The maximum Gasteiger partial charge on any atom is 0.248 e. The van der Waals surface area contributed by atoms with E-state index in [-0.39, 0.29) is 10.8 Å². The Bertz CT molecular complexity index is 917. The van der Waals surface area contributed by atoms with Crippen molar-refractivity contribution in [1.29, 1.82) is 0 Å². The molecule has 2 aromatic carbocycles. The van der Waals surface area contributed by atoms with Gasteiger partial charge in [-0.2, -0.15) is 0 Å². The Morgan fingerprint density at radius 1 is 1.16 bits per heavy atom. The average Bonchev–Trinajstić information content (AvgIpc) is 2.56. The topological polar surface area (TPSA) is 98.5 Å². The first-order chi connectivity index (χ1) is 11.7. The van der Waals surface area contributed by atoms with Crippen LogP contribution in [0, 0.1) is 13.8 Å². The van der Waals surface area contributed by atoms with Crippen LogP contribution >= 0.6 is 0 Å². The summed E-state index contributed by atoms with van der Waals surface area (Å²) in [4.78, 5) is 12.1. The average molecular weight is 360 g/mol. The summed E-state index contributed by atoms with van der Waals surface area (Å²) < 4.78 is 28.2. The van der Waals surface area contributed by atoms with Crippen molar-refractivity contribution in [2.24, 2.45) is 5.14 Å². The molecule has 0 radical (unpaired) electrons. The fraction of sp³-hybridized carbons (Fsp3) is 0.167. The molecule has 0 spiro atoms. The lowest BCUT2D eigenvalue weighted by molar-refractivity contribution is -0.111. The number of hydrogen-bond acceptors (Lipinski definition) is 4. The maximum absolute atomic E-state index is 12.1. The number of sulfonamides is 1. The first-order valence-corrected chi connectivity index (χ1v) is 9.02. The predicted octanol–water partition coefficient (Wildman–Crippen LogP) is 2.61. The first kappa shape index (κ1) is 18.7. The summed E-state index contributed by atoms with van der Waals surface area (Å²) in [7, 11) is -2.26. The first-order valence-electron chi connectivity index (χ1n) is 7.48. The summed E-state index contributed by atoms with van der Waals surface area (Å²) in [6.45, 7) is 3.55. The summed E-state index contributed by atoms with van der Waals surface area (Å²) in [5, 5.41) is 7.85. The largest absolute Gasteiger partial charge is 0.497 e. The number of anilines is 1. The van der Waals surface area contributed by atoms with Crippen LogP contribution < -0.4 is 15.2 Å². The van der Waals surface area contributed by atoms with Crippen molar-refractivity contribution in [3.8, 4) is 5.75 Å². The van der Waals surface area contributed by atoms with Crippen molar-refractivity contribution in [1.82, 2.24) is 0 Å². The van der Waals surface area contributed by atoms with Gasteiger partial charge in [0, 0.05) is 11.8 Å². The number of carbonyl (C=O) groups is 1. The van der Waals surface area contributed by atoms with Crippen molar-refractivity contribution < 1.29 is 17.9 Å². The molecular weight excluding hydrogens is 340 g/mol. The van der Waals surface area contributed by atoms with Crippen LogP contribution in [-0.4, -0.2) is 21.4 Å². The van der Waals surface area contributed by atoms with Crippen molar-refractivity contribution in [3.05, 3.63) is 59.2 Å². The van der Waals surface area contributed by atoms with Gasteiger partial charge in [-0.25, -0.2) is 13.6 Å². The van der Waals surface area contributed by atoms with Crippen LogP contribution in [0.3, 0.4) is 0 Å². The van der Waals surface area contributed by atoms with Crippen LogP contribution in [-0.2, 0) is 14.8 Å². The van der Waals surface area contributed by atoms with Gasteiger partial charge in [0.1, 0.15) is 5.75 Å². The van der Waals surface area contributed by atoms with E-state index in [9.17, 15) is 13.2 Å². The molecule has 0 heterocycles. The van der Waals surface area contributed by atoms with Gasteiger partial charge in [-0.1, -0.05) is 12.1 Å². The minimum atomic E-state index is -3.84. The highest BCUT2D eigenvalue weighted by molar-refractivity contribution is 7.89. The van der Waals surface area contributed by atoms with Gasteiger partial charge in [0.15, 0.2) is 0 Å². The standard InChI is InChI=1S/C18H20N2O4S/c1-12-10-16(25(19,22)23)11-17(13(12)2)20-18(21)9-6-14-4-7-15(24-3)8-5-14/h4-11H,1-3H3,(H,20,21)(H2,19,22,23)/b9-6+. The second kappa shape index (κ2) is 7.50. The van der Waals surface area contributed by atoms with E-state index in [4.69, 9.17) is 9.88 Å². The van der Waals surface area contributed by atoms with Crippen LogP contribution in [0.15, 0.2) is 47.4 Å². The zero-order valence-electron chi connectivity index (χ0n) is 14.2. The van der Waals surface area contributed by atoms with Gasteiger partial charge in [0.25, 0.3) is 0 Å². The van der Waals surface area contributed by atoms with E-state index in [0.717, 1.165) is 22.4 Å². The Labute approximate surface area is 147 Å². The molecule has 25 heavy (non-hydrogen) atoms. The molecule has 0 aliphatic heterocycles. The maximum atomic E-state index is 12.1. The molecule has 0 unspecified atom stereocenters. The van der Waals surface area contributed by atoms with Crippen LogP contribution in [0.1, 0.15) is 16.7 Å². The SMILES string of the molecule is COc1ccc(/C=C/C(=O)Nc2cc(S(N)(=O)=O)cc(C)c2C)cc1. The molecule has 6 nitrogen and oxygen atoms in total. The van der Waals surface area contributed by atoms with Gasteiger partial charge in [-0.3, -0.25) is 4.79 Å². The molecule has 0 aliphatic carbocycles. The molecule has 0 saturated carbocycles. The van der Waals surface area contributed by atoms with Gasteiger partial charge in [-0.15, -0.1) is 0 Å². The number of methoxy groups -OCH3 is 1. The van der Waals surface area contributed by atoms with Crippen molar-refractivity contribution in [3.63, 3.8) is 0 Å². The highest BCUT2D eigenvalue weighted by Gasteiger charge is 2.13. The number of aryl methyl sites for hydroxylation is 1. The number of amides is 1. The monoisotopic (exact) mass is 360 g/mol. The highest BCUT2D eigenvalue weighted by atomic mass is 32.2. The Balaban J connectivity index is 2.19. The lowest BCUT2D eigenvalue weighted by Gasteiger charge is -2.11. The summed E-state index contributed by atoms with van der Waals surface area (Å²) in [6.07, 6.45) is 3.03. The molecule has 7 heteroatoms. The number of nitrogens with one attached hydrogen (secondary N) is 1. The number of primary sulfonamides is 1. The fourth-order valence-electron chi connectivity index (χ4n) is 2.18. The lowest BCUT2D eigenvalue weighted by Crippen LogP contribution is -2.15. The third-order valence-corrected chi connectivity index (χ3v) is 4.66. The van der Waals surface area contributed by atoms with Gasteiger partial charge in [0.05, 0.1) is 12.0 Å². The van der Waals surface area contributed by atoms with Crippen LogP contribution in [0.4, 0.5) is 5.69 Å². The molecule has 2 rings (SSSR count). The summed E-state index contributed by atoms with van der Waals surface area (Å²) in [5.74, 6) is 0.359. The van der Waals surface area contributed by atoms with Gasteiger partial charge in [-0.05, 0) is 60.9 Å². The van der Waals surface area contributed by atoms with Gasteiger partial charge >= 0.3 is 0 Å². The van der Waals surface area contributed by atoms with Gasteiger partial charge < -0.3 is 10.1 Å². The highest BCUT2D eigenvalue weighted by Crippen LogP contribution is 2.23. The summed E-state index contributed by atoms with van der Waals surface area (Å²) >= 11 is 0. The third-order valence-electron chi connectivity index (χ3n) is 3.77. The zero-order valence-corrected chi connectivity index (χ0v) is 15.1. The number of benzene rings is 2. The van der Waals surface area contributed by atoms with E-state index < -0.39 is 10.0 Å². The van der Waals surface area contributed by atoms with E-state index in [1.54, 1.807) is 39.2 Å². The summed E-state index contributed by atoms with van der Waals surface area (Å²) in [6, 6.07) is 10.1. The van der Waals surface area contributed by atoms with Crippen LogP contribution in [0.25, 0.3) is 6.08 Å². The minimum Gasteiger partial charge on any atom is -0.497 e. The van der Waals surface area contributed by atoms with Gasteiger partial charge in [0.2, 0.25) is 15.9 Å². The van der Waals surface area contributed by atoms with E-state index in [1.807, 2.05) is 12.1 Å². The second-order valence-electron chi connectivity index (χ2n) is 5.55. The molecule has 0 atom stereocenters. The van der Waals surface area contributed by atoms with Crippen LogP contribution in [0.5, 0.6) is 5.75 Å².